The summed E-state index contributed by atoms with van der Waals surface area (Å²) >= 11 is 0. The van der Waals surface area contributed by atoms with Gasteiger partial charge >= 0.3 is 5.69 Å². The Hall–Kier alpha value is -2.86. The van der Waals surface area contributed by atoms with Crippen molar-refractivity contribution in [2.24, 2.45) is 0 Å². The molecule has 0 saturated carbocycles. The minimum absolute atomic E-state index is 0.162. The van der Waals surface area contributed by atoms with E-state index in [0.29, 0.717) is 11.2 Å². The van der Waals surface area contributed by atoms with Crippen molar-refractivity contribution in [2.45, 2.75) is 6.04 Å². The zero-order valence-corrected chi connectivity index (χ0v) is 11.7. The molecule has 6 nitrogen and oxygen atoms in total. The Kier molecular flexibility index (Phi) is 2.83. The van der Waals surface area contributed by atoms with E-state index in [1.165, 1.54) is 0 Å². The third kappa shape index (κ3) is 1.78. The molecule has 0 radical (unpaired) electrons. The van der Waals surface area contributed by atoms with Crippen LogP contribution in [0.4, 0.5) is 0 Å². The van der Waals surface area contributed by atoms with Crippen LogP contribution in [-0.2, 0) is 0 Å². The zero-order valence-electron chi connectivity index (χ0n) is 11.7. The van der Waals surface area contributed by atoms with Crippen LogP contribution in [0.2, 0.25) is 0 Å². The summed E-state index contributed by atoms with van der Waals surface area (Å²) in [6.07, 6.45) is 3.42. The topological polar surface area (TPSA) is 86.7 Å². The molecule has 1 atom stereocenters. The molecule has 3 N–H and O–H groups in total. The number of rotatable bonds is 3. The van der Waals surface area contributed by atoms with Crippen LogP contribution in [0.3, 0.4) is 0 Å². The second-order valence-corrected chi connectivity index (χ2v) is 5.17. The van der Waals surface area contributed by atoms with Crippen molar-refractivity contribution in [1.82, 2.24) is 19.5 Å². The Morgan fingerprint density at radius 2 is 2.05 bits per heavy atom. The second-order valence-electron chi connectivity index (χ2n) is 5.17. The van der Waals surface area contributed by atoms with Gasteiger partial charge in [0.2, 0.25) is 0 Å². The Labute approximate surface area is 125 Å². The molecule has 0 spiro atoms. The highest BCUT2D eigenvalue weighted by Crippen LogP contribution is 2.26. The number of aliphatic hydroxyl groups is 1. The molecule has 0 aliphatic heterocycles. The molecule has 0 amide bonds. The van der Waals surface area contributed by atoms with E-state index < -0.39 is 6.04 Å². The standard InChI is InChI=1S/C16H14N4O2/c21-9-13(10-4-2-1-3-5-10)20-14-11-6-7-17-15(11)18-8-12(14)19-16(20)22/h1-8,13,21H,9H2,(H,17,18)(H,19,22)/t13-/m0/s1. The van der Waals surface area contributed by atoms with E-state index in [9.17, 15) is 9.90 Å². The van der Waals surface area contributed by atoms with Gasteiger partial charge in [0, 0.05) is 11.6 Å². The van der Waals surface area contributed by atoms with Gasteiger partial charge in [-0.3, -0.25) is 4.57 Å². The van der Waals surface area contributed by atoms with Crippen LogP contribution in [0.5, 0.6) is 0 Å². The van der Waals surface area contributed by atoms with Crippen LogP contribution in [0.15, 0.2) is 53.6 Å². The second kappa shape index (κ2) is 4.85. The fraction of sp³-hybridized carbons (Fsp3) is 0.125. The number of aromatic nitrogens is 4. The van der Waals surface area contributed by atoms with Crippen LogP contribution in [0, 0.1) is 0 Å². The fourth-order valence-electron chi connectivity index (χ4n) is 2.93. The molecule has 4 aromatic rings. The first-order valence-electron chi connectivity index (χ1n) is 7.01. The Morgan fingerprint density at radius 1 is 1.23 bits per heavy atom. The number of hydrogen-bond acceptors (Lipinski definition) is 3. The van der Waals surface area contributed by atoms with Gasteiger partial charge in [-0.15, -0.1) is 0 Å². The van der Waals surface area contributed by atoms with Gasteiger partial charge in [0.25, 0.3) is 0 Å². The Bertz CT molecular complexity index is 997. The van der Waals surface area contributed by atoms with E-state index in [2.05, 4.69) is 15.0 Å². The largest absolute Gasteiger partial charge is 0.394 e. The van der Waals surface area contributed by atoms with Crippen molar-refractivity contribution in [3.05, 3.63) is 64.8 Å². The number of hydrogen-bond donors (Lipinski definition) is 3. The molecule has 1 aromatic carbocycles. The summed E-state index contributed by atoms with van der Waals surface area (Å²) in [6.45, 7) is -0.162. The van der Waals surface area contributed by atoms with E-state index in [1.54, 1.807) is 17.0 Å². The predicted octanol–water partition coefficient (Wildman–Crippen LogP) is 1.79. The van der Waals surface area contributed by atoms with Crippen molar-refractivity contribution < 1.29 is 5.11 Å². The molecule has 0 fully saturated rings. The monoisotopic (exact) mass is 294 g/mol. The number of imidazole rings is 1. The van der Waals surface area contributed by atoms with Crippen LogP contribution >= 0.6 is 0 Å². The van der Waals surface area contributed by atoms with Gasteiger partial charge in [0.15, 0.2) is 0 Å². The van der Waals surface area contributed by atoms with Gasteiger partial charge in [-0.2, -0.15) is 0 Å². The summed E-state index contributed by atoms with van der Waals surface area (Å²) in [5.41, 5.74) is 2.75. The third-order valence-corrected chi connectivity index (χ3v) is 3.93. The van der Waals surface area contributed by atoms with E-state index in [-0.39, 0.29) is 12.3 Å². The number of aliphatic hydroxyl groups excluding tert-OH is 1. The number of aromatic amines is 2. The number of H-pyrrole nitrogens is 2. The lowest BCUT2D eigenvalue weighted by atomic mass is 10.1. The van der Waals surface area contributed by atoms with Gasteiger partial charge < -0.3 is 15.1 Å². The molecule has 0 bridgehead atoms. The third-order valence-electron chi connectivity index (χ3n) is 3.93. The average Bonchev–Trinajstić information content (AvgIpc) is 3.13. The van der Waals surface area contributed by atoms with Gasteiger partial charge in [0.1, 0.15) is 5.65 Å². The van der Waals surface area contributed by atoms with Gasteiger partial charge in [-0.25, -0.2) is 9.78 Å². The van der Waals surface area contributed by atoms with E-state index in [1.807, 2.05) is 36.4 Å². The maximum Gasteiger partial charge on any atom is 0.327 e. The maximum atomic E-state index is 12.4. The highest BCUT2D eigenvalue weighted by atomic mass is 16.3. The van der Waals surface area contributed by atoms with Crippen LogP contribution in [-0.4, -0.2) is 31.2 Å². The van der Waals surface area contributed by atoms with E-state index >= 15 is 0 Å². The number of benzene rings is 1. The molecule has 0 unspecified atom stereocenters. The van der Waals surface area contributed by atoms with Crippen molar-refractivity contribution >= 4 is 22.1 Å². The van der Waals surface area contributed by atoms with Crippen LogP contribution in [0.25, 0.3) is 22.1 Å². The lowest BCUT2D eigenvalue weighted by Crippen LogP contribution is -2.25. The number of nitrogens with zero attached hydrogens (tertiary/aromatic N) is 2. The smallest absolute Gasteiger partial charge is 0.327 e. The van der Waals surface area contributed by atoms with Gasteiger partial charge in [0.05, 0.1) is 29.9 Å². The number of fused-ring (bicyclic) bond motifs is 3. The average molecular weight is 294 g/mol. The van der Waals surface area contributed by atoms with Crippen molar-refractivity contribution in [2.75, 3.05) is 6.61 Å². The number of pyridine rings is 1. The first-order valence-corrected chi connectivity index (χ1v) is 7.01. The van der Waals surface area contributed by atoms with Crippen molar-refractivity contribution in [3.8, 4) is 0 Å². The van der Waals surface area contributed by atoms with Crippen molar-refractivity contribution in [1.29, 1.82) is 0 Å². The lowest BCUT2D eigenvalue weighted by Gasteiger charge is -2.16. The normalized spacial score (nSPS) is 13.0. The van der Waals surface area contributed by atoms with E-state index in [0.717, 1.165) is 16.5 Å². The molecule has 0 saturated heterocycles. The molecule has 22 heavy (non-hydrogen) atoms. The zero-order chi connectivity index (χ0) is 15.1. The molecule has 3 heterocycles. The van der Waals surface area contributed by atoms with E-state index in [4.69, 9.17) is 0 Å². The molecule has 4 rings (SSSR count). The maximum absolute atomic E-state index is 12.4. The fourth-order valence-corrected chi connectivity index (χ4v) is 2.93. The quantitative estimate of drug-likeness (QED) is 0.538. The van der Waals surface area contributed by atoms with Gasteiger partial charge in [-0.05, 0) is 11.6 Å². The molecule has 0 aliphatic rings. The molecule has 110 valence electrons. The number of nitrogens with one attached hydrogen (secondary N) is 2. The highest BCUT2D eigenvalue weighted by Gasteiger charge is 2.20. The summed E-state index contributed by atoms with van der Waals surface area (Å²) in [6, 6.07) is 10.9. The SMILES string of the molecule is O=c1[nH]c2cnc3[nH]ccc3c2n1[C@@H](CO)c1ccccc1. The molecule has 3 aromatic heterocycles. The summed E-state index contributed by atoms with van der Waals surface area (Å²) in [5, 5.41) is 10.7. The van der Waals surface area contributed by atoms with Gasteiger partial charge in [-0.1, -0.05) is 30.3 Å². The predicted molar refractivity (Wildman–Crippen MR) is 83.9 cm³/mol. The summed E-state index contributed by atoms with van der Waals surface area (Å²) in [7, 11) is 0. The minimum atomic E-state index is -0.442. The van der Waals surface area contributed by atoms with Crippen LogP contribution in [0.1, 0.15) is 11.6 Å². The molecular weight excluding hydrogens is 280 g/mol. The minimum Gasteiger partial charge on any atom is -0.394 e. The lowest BCUT2D eigenvalue weighted by molar-refractivity contribution is 0.250. The highest BCUT2D eigenvalue weighted by molar-refractivity contribution is 6.01. The summed E-state index contributed by atoms with van der Waals surface area (Å²) in [5.74, 6) is 0. The first-order chi connectivity index (χ1) is 10.8. The summed E-state index contributed by atoms with van der Waals surface area (Å²) in [4.78, 5) is 22.6. The molecular formula is C16H14N4O2. The molecule has 6 heteroatoms. The Morgan fingerprint density at radius 3 is 2.82 bits per heavy atom. The summed E-state index contributed by atoms with van der Waals surface area (Å²) < 4.78 is 1.60. The molecule has 0 aliphatic carbocycles. The van der Waals surface area contributed by atoms with Crippen LogP contribution < -0.4 is 5.69 Å². The van der Waals surface area contributed by atoms with Crippen molar-refractivity contribution in [3.63, 3.8) is 0 Å². The Balaban J connectivity index is 2.07. The first kappa shape index (κ1) is 12.8.